The molecule has 1 saturated heterocycles. The number of likely N-dealkylation sites (tertiary alicyclic amines) is 1. The molecule has 4 heterocycles. The molecule has 11 heteroatoms. The Hall–Kier alpha value is -3.37. The van der Waals surface area contributed by atoms with Crippen molar-refractivity contribution in [1.82, 2.24) is 29.2 Å². The van der Waals surface area contributed by atoms with E-state index < -0.39 is 12.7 Å². The van der Waals surface area contributed by atoms with Gasteiger partial charge in [0, 0.05) is 49.1 Å². The molecule has 1 amide bonds. The predicted octanol–water partition coefficient (Wildman–Crippen LogP) is 2.48. The van der Waals surface area contributed by atoms with Crippen LogP contribution >= 0.6 is 0 Å². The van der Waals surface area contributed by atoms with E-state index in [0.717, 1.165) is 10.4 Å². The summed E-state index contributed by atoms with van der Waals surface area (Å²) in [5.41, 5.74) is 8.69. The number of nitrogens with zero attached hydrogens (tertiary/aromatic N) is 6. The number of amides is 1. The third-order valence-electron chi connectivity index (χ3n) is 5.37. The number of hydrogen-bond acceptors (Lipinski definition) is 5. The van der Waals surface area contributed by atoms with E-state index in [0.29, 0.717) is 41.7 Å². The highest BCUT2D eigenvalue weighted by Gasteiger charge is 2.33. The van der Waals surface area contributed by atoms with Crippen molar-refractivity contribution in [2.75, 3.05) is 18.8 Å². The molecule has 3 aromatic rings. The lowest BCUT2D eigenvalue weighted by molar-refractivity contribution is -0.142. The number of rotatable bonds is 4. The topological polar surface area (TPSA) is 94.9 Å². The summed E-state index contributed by atoms with van der Waals surface area (Å²) in [5, 5.41) is 4.44. The van der Waals surface area contributed by atoms with Crippen LogP contribution in [-0.2, 0) is 18.4 Å². The fourth-order valence-corrected chi connectivity index (χ4v) is 4.14. The summed E-state index contributed by atoms with van der Waals surface area (Å²) in [6.45, 7) is 3.36. The monoisotopic (exact) mass is 419 g/mol. The highest BCUT2D eigenvalue weighted by Crippen LogP contribution is 2.42. The molecule has 1 aliphatic rings. The molecule has 4 rings (SSSR count). The minimum Gasteiger partial charge on any atom is -0.383 e. The number of carbonyl (C=O) groups is 1. The van der Waals surface area contributed by atoms with Crippen LogP contribution in [0, 0.1) is 0 Å². The predicted molar refractivity (Wildman–Crippen MR) is 104 cm³/mol. The molecule has 0 radical (unpaired) electrons. The third-order valence-corrected chi connectivity index (χ3v) is 5.37. The highest BCUT2D eigenvalue weighted by atomic mass is 19.4. The smallest absolute Gasteiger partial charge is 0.383 e. The molecule has 30 heavy (non-hydrogen) atoms. The van der Waals surface area contributed by atoms with Gasteiger partial charge in [-0.1, -0.05) is 6.58 Å². The van der Waals surface area contributed by atoms with Crippen LogP contribution in [0.2, 0.25) is 0 Å². The van der Waals surface area contributed by atoms with Crippen LogP contribution in [0.15, 0.2) is 31.4 Å². The molecule has 1 fully saturated rings. The lowest BCUT2D eigenvalue weighted by atomic mass is 9.96. The minimum atomic E-state index is -4.38. The second kappa shape index (κ2) is 7.15. The summed E-state index contributed by atoms with van der Waals surface area (Å²) >= 11 is 0. The number of nitrogens with two attached hydrogens (primary N) is 1. The maximum absolute atomic E-state index is 12.8. The second-order valence-electron chi connectivity index (χ2n) is 7.29. The Morgan fingerprint density at radius 1 is 1.40 bits per heavy atom. The third kappa shape index (κ3) is 3.40. The Balaban J connectivity index is 1.85. The molecule has 2 N–H and O–H groups in total. The molecule has 0 aliphatic carbocycles. The van der Waals surface area contributed by atoms with E-state index in [9.17, 15) is 18.0 Å². The van der Waals surface area contributed by atoms with Crippen molar-refractivity contribution in [3.63, 3.8) is 0 Å². The zero-order valence-electron chi connectivity index (χ0n) is 16.2. The molecule has 8 nitrogen and oxygen atoms in total. The highest BCUT2D eigenvalue weighted by molar-refractivity contribution is 6.02. The zero-order chi connectivity index (χ0) is 21.6. The number of alkyl halides is 3. The Morgan fingerprint density at radius 3 is 2.87 bits per heavy atom. The van der Waals surface area contributed by atoms with Gasteiger partial charge in [0.1, 0.15) is 24.3 Å². The number of aryl methyl sites for hydroxylation is 1. The van der Waals surface area contributed by atoms with E-state index >= 15 is 0 Å². The first-order valence-corrected chi connectivity index (χ1v) is 9.29. The summed E-state index contributed by atoms with van der Waals surface area (Å²) in [6, 6.07) is 0. The fourth-order valence-electron chi connectivity index (χ4n) is 4.14. The molecule has 0 bridgehead atoms. The van der Waals surface area contributed by atoms with Crippen molar-refractivity contribution in [3.8, 4) is 11.1 Å². The molecule has 0 spiro atoms. The first kappa shape index (κ1) is 19.9. The Labute approximate surface area is 169 Å². The Kier molecular flexibility index (Phi) is 4.75. The number of aromatic nitrogens is 5. The lowest BCUT2D eigenvalue weighted by Gasteiger charge is -2.16. The van der Waals surface area contributed by atoms with Gasteiger partial charge in [0.25, 0.3) is 0 Å². The summed E-state index contributed by atoms with van der Waals surface area (Å²) in [5.74, 6) is 0.0287. The molecule has 0 saturated carbocycles. The maximum Gasteiger partial charge on any atom is 0.408 e. The van der Waals surface area contributed by atoms with Gasteiger partial charge < -0.3 is 15.2 Å². The minimum absolute atomic E-state index is 0.0477. The molecule has 3 aromatic heterocycles. The van der Waals surface area contributed by atoms with Crippen molar-refractivity contribution in [3.05, 3.63) is 37.1 Å². The largest absolute Gasteiger partial charge is 0.408 e. The average Bonchev–Trinajstić information content (AvgIpc) is 3.38. The number of halogens is 3. The summed E-state index contributed by atoms with van der Waals surface area (Å²) in [4.78, 5) is 22.1. The lowest BCUT2D eigenvalue weighted by Crippen LogP contribution is -2.26. The van der Waals surface area contributed by atoms with Gasteiger partial charge in [-0.15, -0.1) is 0 Å². The first-order chi connectivity index (χ1) is 14.2. The van der Waals surface area contributed by atoms with Gasteiger partial charge in [0.2, 0.25) is 5.91 Å². The van der Waals surface area contributed by atoms with Crippen LogP contribution < -0.4 is 5.73 Å². The standard InChI is InChI=1S/C19H20F3N7O/c1-3-13(30)28-5-4-11(7-28)16-14(12-6-26-29(8-12)9-19(20,21)22)15-17(23)24-10-25-18(15)27(16)2/h3,6,8,10-11H,1,4-5,7,9H2,2H3,(H2,23,24,25). The number of carbonyl (C=O) groups excluding carboxylic acids is 1. The van der Waals surface area contributed by atoms with Gasteiger partial charge in [0.15, 0.2) is 0 Å². The summed E-state index contributed by atoms with van der Waals surface area (Å²) in [7, 11) is 1.83. The average molecular weight is 419 g/mol. The molecule has 1 unspecified atom stereocenters. The van der Waals surface area contributed by atoms with Crippen LogP contribution in [0.1, 0.15) is 18.0 Å². The van der Waals surface area contributed by atoms with E-state index in [1.165, 1.54) is 24.8 Å². The number of nitrogen functional groups attached to an aromatic ring is 1. The van der Waals surface area contributed by atoms with Crippen LogP contribution in [0.5, 0.6) is 0 Å². The van der Waals surface area contributed by atoms with Gasteiger partial charge >= 0.3 is 6.18 Å². The van der Waals surface area contributed by atoms with Crippen molar-refractivity contribution in [2.45, 2.75) is 25.1 Å². The fraction of sp³-hybridized carbons (Fsp3) is 0.368. The quantitative estimate of drug-likeness (QED) is 0.656. The van der Waals surface area contributed by atoms with Crippen LogP contribution in [0.4, 0.5) is 19.0 Å². The van der Waals surface area contributed by atoms with E-state index in [4.69, 9.17) is 5.73 Å². The van der Waals surface area contributed by atoms with Gasteiger partial charge in [0.05, 0.1) is 11.6 Å². The van der Waals surface area contributed by atoms with Crippen molar-refractivity contribution in [1.29, 1.82) is 0 Å². The van der Waals surface area contributed by atoms with Gasteiger partial charge in [-0.25, -0.2) is 9.97 Å². The van der Waals surface area contributed by atoms with Crippen LogP contribution in [-0.4, -0.2) is 54.4 Å². The summed E-state index contributed by atoms with van der Waals surface area (Å²) < 4.78 is 41.1. The Bertz CT molecular complexity index is 1130. The molecule has 0 aromatic carbocycles. The maximum atomic E-state index is 12.8. The van der Waals surface area contributed by atoms with Crippen molar-refractivity contribution >= 4 is 22.8 Å². The van der Waals surface area contributed by atoms with Crippen LogP contribution in [0.3, 0.4) is 0 Å². The normalized spacial score (nSPS) is 17.1. The van der Waals surface area contributed by atoms with Gasteiger partial charge in [-0.05, 0) is 12.5 Å². The van der Waals surface area contributed by atoms with Crippen LogP contribution in [0.25, 0.3) is 22.2 Å². The number of fused-ring (bicyclic) bond motifs is 1. The molecular formula is C19H20F3N7O. The molecule has 158 valence electrons. The van der Waals surface area contributed by atoms with E-state index in [1.54, 1.807) is 4.90 Å². The molecular weight excluding hydrogens is 399 g/mol. The second-order valence-corrected chi connectivity index (χ2v) is 7.29. The number of anilines is 1. The van der Waals surface area contributed by atoms with Crippen molar-refractivity contribution < 1.29 is 18.0 Å². The van der Waals surface area contributed by atoms with E-state index in [1.807, 2.05) is 11.6 Å². The number of hydrogen-bond donors (Lipinski definition) is 1. The SMILES string of the molecule is C=CC(=O)N1CCC(c2c(-c3cnn(CC(F)(F)F)c3)c3c(N)ncnc3n2C)C1. The van der Waals surface area contributed by atoms with Crippen molar-refractivity contribution in [2.24, 2.45) is 7.05 Å². The van der Waals surface area contributed by atoms with Gasteiger partial charge in [-0.3, -0.25) is 9.48 Å². The molecule has 1 atom stereocenters. The van der Waals surface area contributed by atoms with E-state index in [-0.39, 0.29) is 17.6 Å². The first-order valence-electron chi connectivity index (χ1n) is 9.29. The summed E-state index contributed by atoms with van der Waals surface area (Å²) in [6.07, 6.45) is 1.67. The zero-order valence-corrected chi connectivity index (χ0v) is 16.2. The molecule has 1 aliphatic heterocycles. The van der Waals surface area contributed by atoms with E-state index in [2.05, 4.69) is 21.6 Å². The Morgan fingerprint density at radius 2 is 2.17 bits per heavy atom. The van der Waals surface area contributed by atoms with Gasteiger partial charge in [-0.2, -0.15) is 18.3 Å².